The predicted octanol–water partition coefficient (Wildman–Crippen LogP) is 3.85. The van der Waals surface area contributed by atoms with Crippen LogP contribution in [0.3, 0.4) is 0 Å². The molecular formula is C24H26N6O. The summed E-state index contributed by atoms with van der Waals surface area (Å²) in [6.45, 7) is 7.16. The molecule has 1 saturated heterocycles. The van der Waals surface area contributed by atoms with Gasteiger partial charge in [0.2, 0.25) is 0 Å². The molecule has 2 aromatic carbocycles. The predicted molar refractivity (Wildman–Crippen MR) is 123 cm³/mol. The Morgan fingerprint density at radius 2 is 1.84 bits per heavy atom. The quantitative estimate of drug-likeness (QED) is 0.506. The zero-order valence-electron chi connectivity index (χ0n) is 18.1. The Labute approximate surface area is 181 Å². The molecule has 5 rings (SSSR count). The average molecular weight is 415 g/mol. The van der Waals surface area contributed by atoms with Crippen LogP contribution in [-0.2, 0) is 0 Å². The van der Waals surface area contributed by atoms with Gasteiger partial charge in [0.15, 0.2) is 5.65 Å². The SMILES string of the molecule is COc1ccc(-n2ncc3c(N4CCN(c5cccc(C)c5)[C@@H](C)C4)ncnc32)cc1. The largest absolute Gasteiger partial charge is 0.497 e. The molecule has 3 heterocycles. The molecule has 0 aliphatic carbocycles. The fourth-order valence-electron chi connectivity index (χ4n) is 4.34. The number of anilines is 2. The van der Waals surface area contributed by atoms with Gasteiger partial charge in [-0.25, -0.2) is 14.6 Å². The summed E-state index contributed by atoms with van der Waals surface area (Å²) in [4.78, 5) is 14.0. The Morgan fingerprint density at radius 1 is 1.00 bits per heavy atom. The second-order valence-electron chi connectivity index (χ2n) is 8.02. The maximum absolute atomic E-state index is 5.26. The number of fused-ring (bicyclic) bond motifs is 1. The van der Waals surface area contributed by atoms with E-state index in [0.717, 1.165) is 47.9 Å². The summed E-state index contributed by atoms with van der Waals surface area (Å²) >= 11 is 0. The van der Waals surface area contributed by atoms with Gasteiger partial charge >= 0.3 is 0 Å². The number of rotatable bonds is 4. The Balaban J connectivity index is 1.43. The molecule has 0 unspecified atom stereocenters. The van der Waals surface area contributed by atoms with E-state index >= 15 is 0 Å². The van der Waals surface area contributed by atoms with Crippen molar-refractivity contribution in [2.75, 3.05) is 36.5 Å². The highest BCUT2D eigenvalue weighted by Crippen LogP contribution is 2.29. The van der Waals surface area contributed by atoms with Crippen LogP contribution in [0.1, 0.15) is 12.5 Å². The van der Waals surface area contributed by atoms with E-state index in [1.807, 2.05) is 35.1 Å². The van der Waals surface area contributed by atoms with E-state index in [9.17, 15) is 0 Å². The van der Waals surface area contributed by atoms with Crippen molar-refractivity contribution in [3.05, 3.63) is 66.6 Å². The first-order valence-corrected chi connectivity index (χ1v) is 10.6. The topological polar surface area (TPSA) is 59.3 Å². The van der Waals surface area contributed by atoms with Gasteiger partial charge in [-0.2, -0.15) is 5.10 Å². The zero-order valence-corrected chi connectivity index (χ0v) is 18.1. The standard InChI is InChI=1S/C24H26N6O/c1-17-5-4-6-20(13-17)29-12-11-28(15-18(29)2)23-22-14-27-30(24(22)26-16-25-23)19-7-9-21(31-3)10-8-19/h4-10,13-14,16,18H,11-12,15H2,1-3H3/t18-/m0/s1. The van der Waals surface area contributed by atoms with Gasteiger partial charge in [0, 0.05) is 31.4 Å². The first-order valence-electron chi connectivity index (χ1n) is 10.6. The van der Waals surface area contributed by atoms with Crippen LogP contribution in [0.25, 0.3) is 16.7 Å². The normalized spacial score (nSPS) is 16.7. The first kappa shape index (κ1) is 19.4. The van der Waals surface area contributed by atoms with Gasteiger partial charge in [0.05, 0.1) is 24.4 Å². The Bertz CT molecular complexity index is 1200. The molecule has 0 spiro atoms. The van der Waals surface area contributed by atoms with Crippen molar-refractivity contribution in [3.8, 4) is 11.4 Å². The minimum absolute atomic E-state index is 0.372. The van der Waals surface area contributed by atoms with Crippen molar-refractivity contribution in [2.24, 2.45) is 0 Å². The smallest absolute Gasteiger partial charge is 0.168 e. The van der Waals surface area contributed by atoms with Crippen LogP contribution < -0.4 is 14.5 Å². The lowest BCUT2D eigenvalue weighted by atomic mass is 10.1. The lowest BCUT2D eigenvalue weighted by Gasteiger charge is -2.42. The van der Waals surface area contributed by atoms with E-state index in [4.69, 9.17) is 4.74 Å². The molecule has 1 atom stereocenters. The molecule has 158 valence electrons. The van der Waals surface area contributed by atoms with Crippen molar-refractivity contribution in [2.45, 2.75) is 19.9 Å². The van der Waals surface area contributed by atoms with Gasteiger partial charge < -0.3 is 14.5 Å². The maximum atomic E-state index is 5.26. The van der Waals surface area contributed by atoms with E-state index in [0.29, 0.717) is 6.04 Å². The molecule has 1 aliphatic heterocycles. The zero-order chi connectivity index (χ0) is 21.4. The summed E-state index contributed by atoms with van der Waals surface area (Å²) in [5.74, 6) is 1.76. The van der Waals surface area contributed by atoms with Gasteiger partial charge in [-0.05, 0) is 55.8 Å². The van der Waals surface area contributed by atoms with Gasteiger partial charge in [-0.15, -0.1) is 0 Å². The summed E-state index contributed by atoms with van der Waals surface area (Å²) in [7, 11) is 1.66. The number of nitrogens with zero attached hydrogens (tertiary/aromatic N) is 6. The van der Waals surface area contributed by atoms with Crippen molar-refractivity contribution in [1.29, 1.82) is 0 Å². The summed E-state index contributed by atoms with van der Waals surface area (Å²) in [6, 6.07) is 16.9. The van der Waals surface area contributed by atoms with Gasteiger partial charge in [0.1, 0.15) is 17.9 Å². The Kier molecular flexibility index (Phi) is 4.94. The molecule has 2 aromatic heterocycles. The fourth-order valence-corrected chi connectivity index (χ4v) is 4.34. The summed E-state index contributed by atoms with van der Waals surface area (Å²) in [5.41, 5.74) is 4.32. The number of aryl methyl sites for hydroxylation is 1. The van der Waals surface area contributed by atoms with Crippen molar-refractivity contribution in [3.63, 3.8) is 0 Å². The highest BCUT2D eigenvalue weighted by Gasteiger charge is 2.26. The van der Waals surface area contributed by atoms with Gasteiger partial charge in [0.25, 0.3) is 0 Å². The summed E-state index contributed by atoms with van der Waals surface area (Å²) in [5, 5.41) is 5.57. The summed E-state index contributed by atoms with van der Waals surface area (Å²) in [6.07, 6.45) is 3.50. The van der Waals surface area contributed by atoms with Crippen molar-refractivity contribution in [1.82, 2.24) is 19.7 Å². The number of benzene rings is 2. The van der Waals surface area contributed by atoms with Crippen LogP contribution in [0.5, 0.6) is 5.75 Å². The Morgan fingerprint density at radius 3 is 2.58 bits per heavy atom. The van der Waals surface area contributed by atoms with E-state index in [2.05, 4.69) is 63.0 Å². The molecule has 0 saturated carbocycles. The molecular weight excluding hydrogens is 388 g/mol. The summed E-state index contributed by atoms with van der Waals surface area (Å²) < 4.78 is 7.12. The van der Waals surface area contributed by atoms with Crippen molar-refractivity contribution >= 4 is 22.5 Å². The lowest BCUT2D eigenvalue weighted by molar-refractivity contribution is 0.414. The lowest BCUT2D eigenvalue weighted by Crippen LogP contribution is -2.52. The molecule has 1 fully saturated rings. The van der Waals surface area contributed by atoms with Crippen LogP contribution >= 0.6 is 0 Å². The van der Waals surface area contributed by atoms with Gasteiger partial charge in [-0.1, -0.05) is 12.1 Å². The molecule has 4 aromatic rings. The number of hydrogen-bond donors (Lipinski definition) is 0. The molecule has 1 aliphatic rings. The second kappa shape index (κ2) is 7.91. The monoisotopic (exact) mass is 414 g/mol. The third kappa shape index (κ3) is 3.56. The number of piperazine rings is 1. The molecule has 7 heteroatoms. The fraction of sp³-hybridized carbons (Fsp3) is 0.292. The highest BCUT2D eigenvalue weighted by molar-refractivity contribution is 5.87. The van der Waals surface area contributed by atoms with Crippen LogP contribution in [-0.4, -0.2) is 52.5 Å². The molecule has 0 amide bonds. The first-order chi connectivity index (χ1) is 15.1. The molecule has 31 heavy (non-hydrogen) atoms. The number of aromatic nitrogens is 4. The molecule has 0 bridgehead atoms. The molecule has 7 nitrogen and oxygen atoms in total. The van der Waals surface area contributed by atoms with Crippen LogP contribution in [0.4, 0.5) is 11.5 Å². The van der Waals surface area contributed by atoms with Crippen LogP contribution in [0.2, 0.25) is 0 Å². The number of hydrogen-bond acceptors (Lipinski definition) is 6. The van der Waals surface area contributed by atoms with Gasteiger partial charge in [-0.3, -0.25) is 0 Å². The number of methoxy groups -OCH3 is 1. The number of ether oxygens (including phenoxy) is 1. The van der Waals surface area contributed by atoms with Crippen LogP contribution in [0.15, 0.2) is 61.1 Å². The second-order valence-corrected chi connectivity index (χ2v) is 8.02. The Hall–Kier alpha value is -3.61. The minimum atomic E-state index is 0.372. The van der Waals surface area contributed by atoms with E-state index < -0.39 is 0 Å². The van der Waals surface area contributed by atoms with Crippen LogP contribution in [0, 0.1) is 6.92 Å². The van der Waals surface area contributed by atoms with E-state index in [-0.39, 0.29) is 0 Å². The van der Waals surface area contributed by atoms with Crippen molar-refractivity contribution < 1.29 is 4.74 Å². The third-order valence-electron chi connectivity index (χ3n) is 5.92. The third-order valence-corrected chi connectivity index (χ3v) is 5.92. The van der Waals surface area contributed by atoms with E-state index in [1.54, 1.807) is 13.4 Å². The molecule has 0 radical (unpaired) electrons. The highest BCUT2D eigenvalue weighted by atomic mass is 16.5. The van der Waals surface area contributed by atoms with E-state index in [1.165, 1.54) is 11.3 Å². The maximum Gasteiger partial charge on any atom is 0.168 e. The minimum Gasteiger partial charge on any atom is -0.497 e. The molecule has 0 N–H and O–H groups in total. The average Bonchev–Trinajstić information content (AvgIpc) is 3.23.